The number of anilines is 2. The maximum atomic E-state index is 12.5. The number of hydrogen-bond donors (Lipinski definition) is 4. The van der Waals surface area contributed by atoms with Gasteiger partial charge in [0.05, 0.1) is 5.56 Å². The number of aromatic amines is 1. The van der Waals surface area contributed by atoms with Gasteiger partial charge >= 0.3 is 0 Å². The van der Waals surface area contributed by atoms with Crippen molar-refractivity contribution in [1.29, 1.82) is 0 Å². The molecule has 0 aliphatic carbocycles. The van der Waals surface area contributed by atoms with Crippen molar-refractivity contribution in [1.82, 2.24) is 25.4 Å². The average Bonchev–Trinajstić information content (AvgIpc) is 2.83. The van der Waals surface area contributed by atoms with Crippen LogP contribution in [0.4, 0.5) is 11.5 Å². The smallest absolute Gasteiger partial charge is 0.269 e. The highest BCUT2D eigenvalue weighted by Gasteiger charge is 2.10. The van der Waals surface area contributed by atoms with Crippen LogP contribution < -0.4 is 21.7 Å². The standard InChI is InChI=1S/C23H19N7O3/c1-14-12-19(28-21(26-14)18-4-2-3-11-24-18)29-30-23(33)15-5-8-17(9-6-15)27-22(32)16-7-10-20(31)25-13-16/h2-13H,1H3,(H,25,31)(H,27,32)(H,30,33)(H,26,28,29). The molecular weight excluding hydrogens is 422 g/mol. The molecule has 0 radical (unpaired) electrons. The Kier molecular flexibility index (Phi) is 6.17. The number of pyridine rings is 2. The molecule has 0 spiro atoms. The molecule has 3 heterocycles. The molecule has 1 aromatic carbocycles. The first-order chi connectivity index (χ1) is 16.0. The molecule has 10 heteroatoms. The minimum absolute atomic E-state index is 0.291. The van der Waals surface area contributed by atoms with Gasteiger partial charge in [0, 0.05) is 41.5 Å². The molecule has 2 amide bonds. The third-order valence-electron chi connectivity index (χ3n) is 4.50. The Balaban J connectivity index is 1.38. The number of nitrogens with one attached hydrogen (secondary N) is 4. The van der Waals surface area contributed by atoms with Gasteiger partial charge in [0.25, 0.3) is 11.8 Å². The molecule has 0 aliphatic heterocycles. The summed E-state index contributed by atoms with van der Waals surface area (Å²) in [6.45, 7) is 1.82. The monoisotopic (exact) mass is 441 g/mol. The third kappa shape index (κ3) is 5.44. The van der Waals surface area contributed by atoms with E-state index in [1.165, 1.54) is 18.3 Å². The van der Waals surface area contributed by atoms with Gasteiger partial charge in [-0.15, -0.1) is 0 Å². The summed E-state index contributed by atoms with van der Waals surface area (Å²) in [5.41, 5.74) is 7.61. The summed E-state index contributed by atoms with van der Waals surface area (Å²) in [5.74, 6) is 0.0911. The predicted molar refractivity (Wildman–Crippen MR) is 123 cm³/mol. The highest BCUT2D eigenvalue weighted by molar-refractivity contribution is 6.04. The molecular formula is C23H19N7O3. The van der Waals surface area contributed by atoms with E-state index in [1.54, 1.807) is 48.7 Å². The van der Waals surface area contributed by atoms with Crippen LogP contribution in [-0.4, -0.2) is 31.8 Å². The summed E-state index contributed by atoms with van der Waals surface area (Å²) in [6.07, 6.45) is 2.99. The van der Waals surface area contributed by atoms with Crippen LogP contribution in [0.2, 0.25) is 0 Å². The van der Waals surface area contributed by atoms with E-state index in [1.807, 2.05) is 13.0 Å². The maximum absolute atomic E-state index is 12.5. The number of carbonyl (C=O) groups excluding carboxylic acids is 2. The van der Waals surface area contributed by atoms with E-state index in [9.17, 15) is 14.4 Å². The van der Waals surface area contributed by atoms with Gasteiger partial charge in [0.15, 0.2) is 5.82 Å². The SMILES string of the molecule is Cc1cc(NNC(=O)c2ccc(NC(=O)c3ccc(=O)[nH]c3)cc2)nc(-c2ccccn2)n1. The molecule has 164 valence electrons. The van der Waals surface area contributed by atoms with E-state index in [-0.39, 0.29) is 17.4 Å². The number of aromatic nitrogens is 4. The summed E-state index contributed by atoms with van der Waals surface area (Å²) in [5, 5.41) is 2.70. The molecule has 4 rings (SSSR count). The van der Waals surface area contributed by atoms with E-state index >= 15 is 0 Å². The summed E-state index contributed by atoms with van der Waals surface area (Å²) in [6, 6.07) is 16.2. The first-order valence-corrected chi connectivity index (χ1v) is 9.91. The van der Waals surface area contributed by atoms with Crippen LogP contribution in [0.5, 0.6) is 0 Å². The van der Waals surface area contributed by atoms with Crippen LogP contribution in [-0.2, 0) is 0 Å². The Labute approximate surface area is 188 Å². The second-order valence-corrected chi connectivity index (χ2v) is 6.99. The number of H-pyrrole nitrogens is 1. The molecule has 0 saturated heterocycles. The topological polar surface area (TPSA) is 142 Å². The lowest BCUT2D eigenvalue weighted by Crippen LogP contribution is -2.30. The number of nitrogens with zero attached hydrogens (tertiary/aromatic N) is 3. The highest BCUT2D eigenvalue weighted by Crippen LogP contribution is 2.15. The molecule has 0 unspecified atom stereocenters. The molecule has 10 nitrogen and oxygen atoms in total. The van der Waals surface area contributed by atoms with E-state index in [4.69, 9.17) is 0 Å². The maximum Gasteiger partial charge on any atom is 0.269 e. The molecule has 0 bridgehead atoms. The minimum atomic E-state index is -0.385. The second kappa shape index (κ2) is 9.52. The third-order valence-corrected chi connectivity index (χ3v) is 4.50. The zero-order chi connectivity index (χ0) is 23.2. The lowest BCUT2D eigenvalue weighted by atomic mass is 10.2. The first-order valence-electron chi connectivity index (χ1n) is 9.91. The van der Waals surface area contributed by atoms with Crippen LogP contribution in [0.1, 0.15) is 26.4 Å². The van der Waals surface area contributed by atoms with Crippen molar-refractivity contribution in [3.05, 3.63) is 100 Å². The normalized spacial score (nSPS) is 10.3. The van der Waals surface area contributed by atoms with E-state index in [0.717, 1.165) is 0 Å². The molecule has 0 atom stereocenters. The Morgan fingerprint density at radius 1 is 0.909 bits per heavy atom. The van der Waals surface area contributed by atoms with Gasteiger partial charge in [-0.2, -0.15) is 0 Å². The number of aryl methyl sites for hydroxylation is 1. The molecule has 0 aliphatic rings. The fourth-order valence-electron chi connectivity index (χ4n) is 2.90. The van der Waals surface area contributed by atoms with Crippen LogP contribution in [0, 0.1) is 6.92 Å². The number of hydrazine groups is 1. The van der Waals surface area contributed by atoms with Crippen LogP contribution in [0.3, 0.4) is 0 Å². The quantitative estimate of drug-likeness (QED) is 0.337. The molecule has 33 heavy (non-hydrogen) atoms. The number of amides is 2. The molecule has 3 aromatic heterocycles. The minimum Gasteiger partial charge on any atom is -0.328 e. The largest absolute Gasteiger partial charge is 0.328 e. The Morgan fingerprint density at radius 2 is 1.70 bits per heavy atom. The van der Waals surface area contributed by atoms with Gasteiger partial charge in [0.2, 0.25) is 5.56 Å². The van der Waals surface area contributed by atoms with Crippen LogP contribution >= 0.6 is 0 Å². The zero-order valence-corrected chi connectivity index (χ0v) is 17.5. The number of rotatable bonds is 6. The first kappa shape index (κ1) is 21.4. The molecule has 4 aromatic rings. The van der Waals surface area contributed by atoms with Crippen LogP contribution in [0.15, 0.2) is 77.9 Å². The zero-order valence-electron chi connectivity index (χ0n) is 17.5. The summed E-state index contributed by atoms with van der Waals surface area (Å²) < 4.78 is 0. The van der Waals surface area contributed by atoms with Gasteiger partial charge in [0.1, 0.15) is 11.5 Å². The van der Waals surface area contributed by atoms with E-state index < -0.39 is 0 Å². The number of hydrogen-bond acceptors (Lipinski definition) is 7. The molecule has 0 saturated carbocycles. The van der Waals surface area contributed by atoms with Gasteiger partial charge in [-0.05, 0) is 49.4 Å². The van der Waals surface area contributed by atoms with Gasteiger partial charge in [-0.1, -0.05) is 6.07 Å². The second-order valence-electron chi connectivity index (χ2n) is 6.99. The van der Waals surface area contributed by atoms with Gasteiger partial charge < -0.3 is 10.3 Å². The summed E-state index contributed by atoms with van der Waals surface area (Å²) in [4.78, 5) is 51.3. The molecule has 0 fully saturated rings. The predicted octanol–water partition coefficient (Wildman–Crippen LogP) is 2.54. The lowest BCUT2D eigenvalue weighted by molar-refractivity contribution is 0.0961. The van der Waals surface area contributed by atoms with Crippen LogP contribution in [0.25, 0.3) is 11.5 Å². The Hall–Kier alpha value is -4.86. The summed E-state index contributed by atoms with van der Waals surface area (Å²) in [7, 11) is 0. The van der Waals surface area contributed by atoms with Crippen molar-refractivity contribution in [2.45, 2.75) is 6.92 Å². The lowest BCUT2D eigenvalue weighted by Gasteiger charge is -2.10. The van der Waals surface area contributed by atoms with Gasteiger partial charge in [-0.3, -0.25) is 30.2 Å². The van der Waals surface area contributed by atoms with Crippen molar-refractivity contribution in [2.75, 3.05) is 10.7 Å². The average molecular weight is 441 g/mol. The fraction of sp³-hybridized carbons (Fsp3) is 0.0435. The Bertz CT molecular complexity index is 1330. The number of carbonyl (C=O) groups is 2. The highest BCUT2D eigenvalue weighted by atomic mass is 16.2. The summed E-state index contributed by atoms with van der Waals surface area (Å²) >= 11 is 0. The van der Waals surface area contributed by atoms with Crippen molar-refractivity contribution in [3.63, 3.8) is 0 Å². The van der Waals surface area contributed by atoms with Crippen molar-refractivity contribution < 1.29 is 9.59 Å². The fourth-order valence-corrected chi connectivity index (χ4v) is 2.90. The van der Waals surface area contributed by atoms with Crippen molar-refractivity contribution in [2.24, 2.45) is 0 Å². The van der Waals surface area contributed by atoms with E-state index in [0.29, 0.717) is 39.8 Å². The number of benzene rings is 1. The Morgan fingerprint density at radius 3 is 2.39 bits per heavy atom. The van der Waals surface area contributed by atoms with Crippen molar-refractivity contribution in [3.8, 4) is 11.5 Å². The van der Waals surface area contributed by atoms with E-state index in [2.05, 4.69) is 36.1 Å². The van der Waals surface area contributed by atoms with Crippen molar-refractivity contribution >= 4 is 23.3 Å². The molecule has 4 N–H and O–H groups in total. The van der Waals surface area contributed by atoms with Gasteiger partial charge in [-0.25, -0.2) is 9.97 Å².